The van der Waals surface area contributed by atoms with Crippen LogP contribution in [-0.4, -0.2) is 54.5 Å². The van der Waals surface area contributed by atoms with Gasteiger partial charge in [-0.2, -0.15) is 0 Å². The van der Waals surface area contributed by atoms with Gasteiger partial charge in [-0.25, -0.2) is 0 Å². The van der Waals surface area contributed by atoms with Crippen LogP contribution in [0.5, 0.6) is 5.75 Å². The van der Waals surface area contributed by atoms with Gasteiger partial charge in [0, 0.05) is 36.2 Å². The van der Waals surface area contributed by atoms with Crippen molar-refractivity contribution in [2.24, 2.45) is 5.92 Å². The molecule has 3 rings (SSSR count). The minimum Gasteiger partial charge on any atom is -0.497 e. The first-order valence-corrected chi connectivity index (χ1v) is 9.12. The number of carbonyl (C=O) groups is 2. The normalized spacial score (nSPS) is 21.2. The van der Waals surface area contributed by atoms with Crippen molar-refractivity contribution in [2.45, 2.75) is 18.9 Å². The summed E-state index contributed by atoms with van der Waals surface area (Å²) in [5, 5.41) is 3.22. The van der Waals surface area contributed by atoms with E-state index < -0.39 is 0 Å². The fourth-order valence-corrected chi connectivity index (χ4v) is 4.06. The average Bonchev–Trinajstić information content (AvgIpc) is 3.15. The molecule has 2 aliphatic rings. The number of rotatable bonds is 4. The highest BCUT2D eigenvalue weighted by atomic mass is 35.5. The number of Topliss-reactive ketones (excluding diaryl/α,β-unsaturated/α-hetero) is 1. The number of piperidine rings is 1. The second-order valence-corrected chi connectivity index (χ2v) is 6.99. The molecule has 2 saturated heterocycles. The van der Waals surface area contributed by atoms with Crippen LogP contribution in [0, 0.1) is 5.92 Å². The molecule has 0 saturated carbocycles. The van der Waals surface area contributed by atoms with Crippen LogP contribution in [0.1, 0.15) is 23.2 Å². The fraction of sp³-hybridized carbons (Fsp3) is 0.529. The number of nitrogens with zero attached hydrogens (tertiary/aromatic N) is 1. The lowest BCUT2D eigenvalue weighted by Gasteiger charge is -2.32. The van der Waals surface area contributed by atoms with E-state index in [1.165, 1.54) is 0 Å². The molecule has 2 aliphatic heterocycles. The molecule has 2 fully saturated rings. The van der Waals surface area contributed by atoms with Gasteiger partial charge in [-0.05, 0) is 37.1 Å². The summed E-state index contributed by atoms with van der Waals surface area (Å²) in [5.41, 5.74) is 0.726. The number of ether oxygens (including phenoxy) is 1. The lowest BCUT2D eigenvalue weighted by atomic mass is 9.88. The number of carbonyl (C=O) groups excluding carboxylic acids is 2. The van der Waals surface area contributed by atoms with Crippen LogP contribution >= 0.6 is 24.2 Å². The van der Waals surface area contributed by atoms with Gasteiger partial charge in [-0.1, -0.05) is 0 Å². The summed E-state index contributed by atoms with van der Waals surface area (Å²) in [5.74, 6) is 2.83. The summed E-state index contributed by atoms with van der Waals surface area (Å²) in [4.78, 5) is 26.8. The lowest BCUT2D eigenvalue weighted by Crippen LogP contribution is -2.48. The molecule has 5 nitrogen and oxygen atoms in total. The topological polar surface area (TPSA) is 58.6 Å². The van der Waals surface area contributed by atoms with Crippen LogP contribution in [0.15, 0.2) is 24.3 Å². The monoisotopic (exact) mass is 370 g/mol. The first-order chi connectivity index (χ1) is 11.2. The van der Waals surface area contributed by atoms with Gasteiger partial charge in [0.2, 0.25) is 5.91 Å². The standard InChI is InChI=1S/C17H22N2O3S.ClH/c1-22-14-4-2-12(3-5-14)16(20)13-6-8-19(9-7-13)17(21)15-10-23-11-18-15;/h2-5,13,15,18H,6-11H2,1H3;1H. The third kappa shape index (κ3) is 4.23. The van der Waals surface area contributed by atoms with Gasteiger partial charge in [-0.15, -0.1) is 24.2 Å². The van der Waals surface area contributed by atoms with E-state index in [4.69, 9.17) is 4.74 Å². The zero-order valence-corrected chi connectivity index (χ0v) is 15.3. The average molecular weight is 371 g/mol. The Kier molecular flexibility index (Phi) is 6.95. The zero-order valence-electron chi connectivity index (χ0n) is 13.7. The molecule has 7 heteroatoms. The smallest absolute Gasteiger partial charge is 0.240 e. The van der Waals surface area contributed by atoms with Crippen LogP contribution in [0.2, 0.25) is 0 Å². The number of hydrogen-bond donors (Lipinski definition) is 1. The van der Waals surface area contributed by atoms with E-state index >= 15 is 0 Å². The SMILES string of the molecule is COc1ccc(C(=O)C2CCN(C(=O)C3CSCN3)CC2)cc1.Cl. The van der Waals surface area contributed by atoms with E-state index in [1.54, 1.807) is 18.9 Å². The number of hydrogen-bond acceptors (Lipinski definition) is 5. The molecule has 24 heavy (non-hydrogen) atoms. The second-order valence-electron chi connectivity index (χ2n) is 5.96. The van der Waals surface area contributed by atoms with Gasteiger partial charge in [0.15, 0.2) is 5.78 Å². The molecular weight excluding hydrogens is 348 g/mol. The minimum atomic E-state index is -0.0474. The molecule has 2 heterocycles. The molecule has 1 aromatic rings. The van der Waals surface area contributed by atoms with E-state index in [0.717, 1.165) is 35.8 Å². The largest absolute Gasteiger partial charge is 0.497 e. The fourth-order valence-electron chi connectivity index (χ4n) is 3.13. The molecule has 1 aromatic carbocycles. The van der Waals surface area contributed by atoms with Crippen molar-refractivity contribution in [3.63, 3.8) is 0 Å². The Morgan fingerprint density at radius 1 is 1.21 bits per heavy atom. The summed E-state index contributed by atoms with van der Waals surface area (Å²) in [6, 6.07) is 7.22. The Hall–Kier alpha value is -1.24. The van der Waals surface area contributed by atoms with Gasteiger partial charge in [0.1, 0.15) is 5.75 Å². The van der Waals surface area contributed by atoms with Crippen molar-refractivity contribution in [1.29, 1.82) is 0 Å². The van der Waals surface area contributed by atoms with Crippen molar-refractivity contribution < 1.29 is 14.3 Å². The van der Waals surface area contributed by atoms with E-state index in [-0.39, 0.29) is 36.1 Å². The number of methoxy groups -OCH3 is 1. The summed E-state index contributed by atoms with van der Waals surface area (Å²) in [6.45, 7) is 1.35. The molecule has 132 valence electrons. The molecular formula is C17H23ClN2O3S. The Balaban J connectivity index is 0.00000208. The summed E-state index contributed by atoms with van der Waals surface area (Å²) >= 11 is 1.76. The maximum atomic E-state index is 12.6. The first kappa shape index (κ1) is 19.1. The number of benzene rings is 1. The zero-order chi connectivity index (χ0) is 16.2. The molecule has 1 amide bonds. The van der Waals surface area contributed by atoms with Crippen molar-refractivity contribution >= 4 is 35.9 Å². The van der Waals surface area contributed by atoms with Gasteiger partial charge in [0.25, 0.3) is 0 Å². The Labute approximate surface area is 152 Å². The number of thioether (sulfide) groups is 1. The molecule has 0 aromatic heterocycles. The lowest BCUT2D eigenvalue weighted by molar-refractivity contribution is -0.133. The third-order valence-electron chi connectivity index (χ3n) is 4.57. The van der Waals surface area contributed by atoms with Crippen molar-refractivity contribution in [2.75, 3.05) is 31.8 Å². The summed E-state index contributed by atoms with van der Waals surface area (Å²) in [6.07, 6.45) is 1.49. The van der Waals surface area contributed by atoms with Crippen LogP contribution in [0.25, 0.3) is 0 Å². The molecule has 0 aliphatic carbocycles. The highest BCUT2D eigenvalue weighted by molar-refractivity contribution is 7.99. The van der Waals surface area contributed by atoms with Crippen LogP contribution < -0.4 is 10.1 Å². The highest BCUT2D eigenvalue weighted by Gasteiger charge is 2.32. The van der Waals surface area contributed by atoms with Crippen molar-refractivity contribution in [3.8, 4) is 5.75 Å². The van der Waals surface area contributed by atoms with Gasteiger partial charge >= 0.3 is 0 Å². The van der Waals surface area contributed by atoms with Crippen LogP contribution in [0.3, 0.4) is 0 Å². The Morgan fingerprint density at radius 2 is 1.88 bits per heavy atom. The van der Waals surface area contributed by atoms with E-state index in [1.807, 2.05) is 29.2 Å². The Bertz CT molecular complexity index is 568. The van der Waals surface area contributed by atoms with Crippen molar-refractivity contribution in [3.05, 3.63) is 29.8 Å². The van der Waals surface area contributed by atoms with E-state index in [0.29, 0.717) is 13.1 Å². The third-order valence-corrected chi connectivity index (χ3v) is 5.51. The maximum absolute atomic E-state index is 12.6. The van der Waals surface area contributed by atoms with Gasteiger partial charge in [0.05, 0.1) is 13.2 Å². The second kappa shape index (κ2) is 8.74. The van der Waals surface area contributed by atoms with Gasteiger partial charge < -0.3 is 9.64 Å². The molecule has 1 atom stereocenters. The molecule has 0 bridgehead atoms. The molecule has 0 spiro atoms. The predicted octanol–water partition coefficient (Wildman–Crippen LogP) is 2.20. The molecule has 1 unspecified atom stereocenters. The minimum absolute atomic E-state index is 0. The van der Waals surface area contributed by atoms with Crippen molar-refractivity contribution in [1.82, 2.24) is 10.2 Å². The Morgan fingerprint density at radius 3 is 2.42 bits per heavy atom. The molecule has 1 N–H and O–H groups in total. The quantitative estimate of drug-likeness (QED) is 0.823. The number of ketones is 1. The first-order valence-electron chi connectivity index (χ1n) is 7.97. The predicted molar refractivity (Wildman–Crippen MR) is 98.1 cm³/mol. The number of likely N-dealkylation sites (tertiary alicyclic amines) is 1. The van der Waals surface area contributed by atoms with Crippen LogP contribution in [-0.2, 0) is 4.79 Å². The highest BCUT2D eigenvalue weighted by Crippen LogP contribution is 2.24. The number of halogens is 1. The van der Waals surface area contributed by atoms with E-state index in [2.05, 4.69) is 5.32 Å². The summed E-state index contributed by atoms with van der Waals surface area (Å²) < 4.78 is 5.12. The van der Waals surface area contributed by atoms with Crippen LogP contribution in [0.4, 0.5) is 0 Å². The summed E-state index contributed by atoms with van der Waals surface area (Å²) in [7, 11) is 1.61. The van der Waals surface area contributed by atoms with Gasteiger partial charge in [-0.3, -0.25) is 14.9 Å². The van der Waals surface area contributed by atoms with E-state index in [9.17, 15) is 9.59 Å². The number of amides is 1. The number of nitrogens with one attached hydrogen (secondary N) is 1. The maximum Gasteiger partial charge on any atom is 0.240 e. The molecule has 0 radical (unpaired) electrons.